The second-order valence-corrected chi connectivity index (χ2v) is 7.97. The van der Waals surface area contributed by atoms with Crippen LogP contribution in [0.2, 0.25) is 0 Å². The molecule has 4 heterocycles. The van der Waals surface area contributed by atoms with Gasteiger partial charge in [0.25, 0.3) is 5.91 Å². The number of hydrogen-bond donors (Lipinski definition) is 2. The Bertz CT molecular complexity index is 1280. The van der Waals surface area contributed by atoms with E-state index in [1.165, 1.54) is 18.5 Å². The summed E-state index contributed by atoms with van der Waals surface area (Å²) in [6.45, 7) is 4.27. The molecule has 0 saturated carbocycles. The van der Waals surface area contributed by atoms with Crippen LogP contribution in [0.1, 0.15) is 22.5 Å². The number of anilines is 1. The summed E-state index contributed by atoms with van der Waals surface area (Å²) in [6, 6.07) is 9.04. The van der Waals surface area contributed by atoms with Crippen LogP contribution < -0.4 is 5.32 Å². The van der Waals surface area contributed by atoms with Crippen molar-refractivity contribution in [1.29, 1.82) is 0 Å². The van der Waals surface area contributed by atoms with Crippen LogP contribution in [0, 0.1) is 5.82 Å². The predicted molar refractivity (Wildman–Crippen MR) is 122 cm³/mol. The topological polar surface area (TPSA) is 96.0 Å². The Morgan fingerprint density at radius 3 is 2.94 bits per heavy atom. The lowest BCUT2D eigenvalue weighted by Crippen LogP contribution is -2.25. The molecule has 1 fully saturated rings. The molecular weight excluding hydrogens is 423 g/mol. The second kappa shape index (κ2) is 9.43. The minimum Gasteiger partial charge on any atom is -0.380 e. The molecule has 9 heteroatoms. The fourth-order valence-corrected chi connectivity index (χ4v) is 3.96. The number of aromatic nitrogens is 4. The molecular formula is C24H23FN6O2. The van der Waals surface area contributed by atoms with Crippen molar-refractivity contribution < 1.29 is 13.9 Å². The fourth-order valence-electron chi connectivity index (χ4n) is 3.96. The zero-order valence-electron chi connectivity index (χ0n) is 17.9. The van der Waals surface area contributed by atoms with E-state index >= 15 is 0 Å². The van der Waals surface area contributed by atoms with E-state index in [4.69, 9.17) is 4.74 Å². The third-order valence-corrected chi connectivity index (χ3v) is 5.64. The Kier molecular flexibility index (Phi) is 6.05. The third-order valence-electron chi connectivity index (χ3n) is 5.64. The summed E-state index contributed by atoms with van der Waals surface area (Å²) in [5.74, 6) is -1.07. The first-order chi connectivity index (χ1) is 16.2. The van der Waals surface area contributed by atoms with Crippen molar-refractivity contribution in [3.63, 3.8) is 0 Å². The van der Waals surface area contributed by atoms with Crippen LogP contribution in [0.25, 0.3) is 22.0 Å². The number of pyridine rings is 2. The Balaban J connectivity index is 1.40. The van der Waals surface area contributed by atoms with Gasteiger partial charge in [0.15, 0.2) is 5.69 Å². The summed E-state index contributed by atoms with van der Waals surface area (Å²) in [4.78, 5) is 23.4. The third kappa shape index (κ3) is 4.74. The number of hydrogen-bond acceptors (Lipinski definition) is 6. The van der Waals surface area contributed by atoms with Crippen molar-refractivity contribution in [3.8, 4) is 11.1 Å². The number of fused-ring (bicyclic) bond motifs is 1. The lowest BCUT2D eigenvalue weighted by atomic mass is 10.0. The van der Waals surface area contributed by atoms with Crippen molar-refractivity contribution in [3.05, 3.63) is 72.2 Å². The van der Waals surface area contributed by atoms with Gasteiger partial charge in [-0.15, -0.1) is 0 Å². The SMILES string of the molecule is O=C(Nc1cnccc1F)c1n[nH]c2ccc(-c3cncc(CN4CCCOCC4)c3)cc12. The van der Waals surface area contributed by atoms with E-state index in [0.29, 0.717) is 10.9 Å². The van der Waals surface area contributed by atoms with E-state index in [2.05, 4.69) is 36.4 Å². The van der Waals surface area contributed by atoms with Crippen molar-refractivity contribution in [2.45, 2.75) is 13.0 Å². The van der Waals surface area contributed by atoms with E-state index in [-0.39, 0.29) is 11.4 Å². The molecule has 4 aromatic rings. The van der Waals surface area contributed by atoms with Gasteiger partial charge in [-0.2, -0.15) is 5.10 Å². The monoisotopic (exact) mass is 446 g/mol. The molecule has 0 unspecified atom stereocenters. The minimum absolute atomic E-state index is 0.00520. The standard InChI is InChI=1S/C24H23FN6O2/c25-20-4-5-26-14-22(20)28-24(32)23-19-11-17(2-3-21(19)29-30-23)18-10-16(12-27-13-18)15-31-6-1-8-33-9-7-31/h2-5,10-14H,1,6-9,15H2,(H,28,32)(H,29,30). The number of nitrogens with zero attached hydrogens (tertiary/aromatic N) is 4. The van der Waals surface area contributed by atoms with Gasteiger partial charge in [-0.25, -0.2) is 4.39 Å². The van der Waals surface area contributed by atoms with E-state index in [0.717, 1.165) is 56.0 Å². The molecule has 1 aliphatic heterocycles. The molecule has 0 aliphatic carbocycles. The zero-order chi connectivity index (χ0) is 22.6. The van der Waals surface area contributed by atoms with Gasteiger partial charge < -0.3 is 10.1 Å². The van der Waals surface area contributed by atoms with Gasteiger partial charge in [-0.3, -0.25) is 24.8 Å². The Morgan fingerprint density at radius 1 is 1.09 bits per heavy atom. The molecule has 33 heavy (non-hydrogen) atoms. The molecule has 0 bridgehead atoms. The molecule has 1 aliphatic rings. The van der Waals surface area contributed by atoms with Gasteiger partial charge in [0, 0.05) is 55.8 Å². The number of aromatic amines is 1. The quantitative estimate of drug-likeness (QED) is 0.486. The minimum atomic E-state index is -0.558. The molecule has 1 aromatic carbocycles. The van der Waals surface area contributed by atoms with Crippen LogP contribution in [-0.4, -0.2) is 57.3 Å². The van der Waals surface area contributed by atoms with Gasteiger partial charge in [0.2, 0.25) is 0 Å². The number of amides is 1. The first-order valence-corrected chi connectivity index (χ1v) is 10.8. The van der Waals surface area contributed by atoms with Crippen molar-refractivity contribution >= 4 is 22.5 Å². The maximum atomic E-state index is 13.9. The normalized spacial score (nSPS) is 14.8. The van der Waals surface area contributed by atoms with Gasteiger partial charge in [0.05, 0.1) is 24.0 Å². The molecule has 168 valence electrons. The van der Waals surface area contributed by atoms with E-state index in [9.17, 15) is 9.18 Å². The number of nitrogens with one attached hydrogen (secondary N) is 2. The lowest BCUT2D eigenvalue weighted by molar-refractivity contribution is 0.102. The summed E-state index contributed by atoms with van der Waals surface area (Å²) >= 11 is 0. The van der Waals surface area contributed by atoms with Crippen molar-refractivity contribution in [2.75, 3.05) is 31.6 Å². The molecule has 0 spiro atoms. The van der Waals surface area contributed by atoms with Crippen LogP contribution in [0.3, 0.4) is 0 Å². The highest BCUT2D eigenvalue weighted by atomic mass is 19.1. The molecule has 0 atom stereocenters. The molecule has 1 amide bonds. The largest absolute Gasteiger partial charge is 0.380 e. The number of H-pyrrole nitrogens is 1. The Labute approximate surface area is 189 Å². The smallest absolute Gasteiger partial charge is 0.276 e. The summed E-state index contributed by atoms with van der Waals surface area (Å²) in [5, 5.41) is 10.2. The van der Waals surface area contributed by atoms with Crippen LogP contribution in [-0.2, 0) is 11.3 Å². The first kappa shape index (κ1) is 21.2. The van der Waals surface area contributed by atoms with E-state index in [1.807, 2.05) is 24.4 Å². The van der Waals surface area contributed by atoms with Gasteiger partial charge >= 0.3 is 0 Å². The molecule has 8 nitrogen and oxygen atoms in total. The highest BCUT2D eigenvalue weighted by molar-refractivity contribution is 6.11. The van der Waals surface area contributed by atoms with Crippen LogP contribution >= 0.6 is 0 Å². The Hall–Kier alpha value is -3.69. The zero-order valence-corrected chi connectivity index (χ0v) is 17.9. The van der Waals surface area contributed by atoms with Crippen LogP contribution in [0.15, 0.2) is 55.1 Å². The van der Waals surface area contributed by atoms with Crippen molar-refractivity contribution in [1.82, 2.24) is 25.1 Å². The highest BCUT2D eigenvalue weighted by Crippen LogP contribution is 2.26. The summed E-state index contributed by atoms with van der Waals surface area (Å²) in [5.41, 5.74) is 3.88. The maximum Gasteiger partial charge on any atom is 0.276 e. The number of benzene rings is 1. The van der Waals surface area contributed by atoms with E-state index < -0.39 is 11.7 Å². The number of carbonyl (C=O) groups excluding carboxylic acids is 1. The second-order valence-electron chi connectivity index (χ2n) is 7.97. The fraction of sp³-hybridized carbons (Fsp3) is 0.250. The molecule has 0 radical (unpaired) electrons. The average molecular weight is 446 g/mol. The summed E-state index contributed by atoms with van der Waals surface area (Å²) in [7, 11) is 0. The average Bonchev–Trinajstić information content (AvgIpc) is 3.09. The summed E-state index contributed by atoms with van der Waals surface area (Å²) < 4.78 is 19.5. The number of rotatable bonds is 5. The van der Waals surface area contributed by atoms with Gasteiger partial charge in [-0.1, -0.05) is 6.07 Å². The molecule has 2 N–H and O–H groups in total. The Morgan fingerprint density at radius 2 is 2.03 bits per heavy atom. The predicted octanol–water partition coefficient (Wildman–Crippen LogP) is 3.63. The van der Waals surface area contributed by atoms with Crippen LogP contribution in [0.4, 0.5) is 10.1 Å². The van der Waals surface area contributed by atoms with Crippen LogP contribution in [0.5, 0.6) is 0 Å². The van der Waals surface area contributed by atoms with E-state index in [1.54, 1.807) is 6.20 Å². The lowest BCUT2D eigenvalue weighted by Gasteiger charge is -2.19. The summed E-state index contributed by atoms with van der Waals surface area (Å²) in [6.07, 6.45) is 7.30. The first-order valence-electron chi connectivity index (χ1n) is 10.8. The molecule has 1 saturated heterocycles. The van der Waals surface area contributed by atoms with Crippen molar-refractivity contribution in [2.24, 2.45) is 0 Å². The molecule has 5 rings (SSSR count). The van der Waals surface area contributed by atoms with Gasteiger partial charge in [-0.05, 0) is 41.8 Å². The maximum absolute atomic E-state index is 13.9. The number of carbonyl (C=O) groups is 1. The number of ether oxygens (including phenoxy) is 1. The molecule has 3 aromatic heterocycles. The number of halogens is 1. The highest BCUT2D eigenvalue weighted by Gasteiger charge is 2.17. The van der Waals surface area contributed by atoms with Gasteiger partial charge in [0.1, 0.15) is 5.82 Å².